The molecule has 18 heavy (non-hydrogen) atoms. The molecule has 4 heteroatoms. The second kappa shape index (κ2) is 5.96. The number of hydrogen-bond donors (Lipinski definition) is 1. The lowest BCUT2D eigenvalue weighted by Gasteiger charge is -2.22. The van der Waals surface area contributed by atoms with Gasteiger partial charge in [-0.3, -0.25) is 0 Å². The molecule has 100 valence electrons. The fraction of sp³-hybridized carbons (Fsp3) is 0.571. The monoisotopic (exact) mass is 250 g/mol. The number of nitrogens with one attached hydrogen (secondary N) is 1. The number of likely N-dealkylation sites (N-methyl/N-ethyl adjacent to an activating group) is 1. The van der Waals surface area contributed by atoms with Gasteiger partial charge in [0.15, 0.2) is 0 Å². The summed E-state index contributed by atoms with van der Waals surface area (Å²) in [5.41, 5.74) is 1.09. The Balaban J connectivity index is 1.96. The van der Waals surface area contributed by atoms with Gasteiger partial charge in [-0.05, 0) is 25.0 Å². The van der Waals surface area contributed by atoms with Crippen LogP contribution < -0.4 is 19.7 Å². The molecule has 1 saturated carbocycles. The van der Waals surface area contributed by atoms with Crippen molar-refractivity contribution >= 4 is 5.69 Å². The Morgan fingerprint density at radius 3 is 2.67 bits per heavy atom. The van der Waals surface area contributed by atoms with Gasteiger partial charge in [-0.15, -0.1) is 0 Å². The van der Waals surface area contributed by atoms with Gasteiger partial charge in [0.25, 0.3) is 0 Å². The van der Waals surface area contributed by atoms with Crippen LogP contribution in [-0.2, 0) is 0 Å². The molecule has 0 bridgehead atoms. The van der Waals surface area contributed by atoms with Crippen molar-refractivity contribution in [1.29, 1.82) is 0 Å². The highest BCUT2D eigenvalue weighted by Gasteiger charge is 2.20. The fourth-order valence-electron chi connectivity index (χ4n) is 1.94. The summed E-state index contributed by atoms with van der Waals surface area (Å²) in [6.07, 6.45) is 2.66. The SMILES string of the molecule is COc1ccc(N(C)CCNC2CC2)c(OC)c1. The summed E-state index contributed by atoms with van der Waals surface area (Å²) in [4.78, 5) is 2.20. The van der Waals surface area contributed by atoms with Gasteiger partial charge in [-0.2, -0.15) is 0 Å². The van der Waals surface area contributed by atoms with E-state index in [1.807, 2.05) is 18.2 Å². The summed E-state index contributed by atoms with van der Waals surface area (Å²) in [5, 5.41) is 3.51. The molecular formula is C14H22N2O2. The van der Waals surface area contributed by atoms with E-state index in [0.717, 1.165) is 36.3 Å². The van der Waals surface area contributed by atoms with Crippen molar-refractivity contribution in [3.8, 4) is 11.5 Å². The maximum absolute atomic E-state index is 5.41. The summed E-state index contributed by atoms with van der Waals surface area (Å²) < 4.78 is 10.6. The number of benzene rings is 1. The van der Waals surface area contributed by atoms with Crippen molar-refractivity contribution in [2.75, 3.05) is 39.3 Å². The number of methoxy groups -OCH3 is 2. The summed E-state index contributed by atoms with van der Waals surface area (Å²) >= 11 is 0. The summed E-state index contributed by atoms with van der Waals surface area (Å²) in [6.45, 7) is 1.98. The molecule has 0 aromatic heterocycles. The van der Waals surface area contributed by atoms with Gasteiger partial charge in [0.05, 0.1) is 19.9 Å². The highest BCUT2D eigenvalue weighted by Crippen LogP contribution is 2.31. The zero-order chi connectivity index (χ0) is 13.0. The van der Waals surface area contributed by atoms with Gasteiger partial charge in [0.1, 0.15) is 11.5 Å². The molecular weight excluding hydrogens is 228 g/mol. The fourth-order valence-corrected chi connectivity index (χ4v) is 1.94. The van der Waals surface area contributed by atoms with Crippen LogP contribution in [0.25, 0.3) is 0 Å². The Bertz CT molecular complexity index is 391. The van der Waals surface area contributed by atoms with Crippen molar-refractivity contribution in [3.63, 3.8) is 0 Å². The predicted octanol–water partition coefficient (Wildman–Crippen LogP) is 1.89. The first-order valence-electron chi connectivity index (χ1n) is 6.41. The van der Waals surface area contributed by atoms with Crippen molar-refractivity contribution < 1.29 is 9.47 Å². The molecule has 1 aliphatic rings. The minimum atomic E-state index is 0.760. The Labute approximate surface area is 109 Å². The summed E-state index contributed by atoms with van der Waals surface area (Å²) in [5.74, 6) is 1.67. The molecule has 1 aliphatic carbocycles. The first-order chi connectivity index (χ1) is 8.74. The lowest BCUT2D eigenvalue weighted by molar-refractivity contribution is 0.394. The van der Waals surface area contributed by atoms with Crippen LogP contribution in [0.5, 0.6) is 11.5 Å². The van der Waals surface area contributed by atoms with Crippen molar-refractivity contribution in [3.05, 3.63) is 18.2 Å². The highest BCUT2D eigenvalue weighted by molar-refractivity contribution is 5.60. The van der Waals surface area contributed by atoms with E-state index in [0.29, 0.717) is 0 Å². The van der Waals surface area contributed by atoms with Gasteiger partial charge >= 0.3 is 0 Å². The lowest BCUT2D eigenvalue weighted by atomic mass is 10.2. The van der Waals surface area contributed by atoms with E-state index in [1.54, 1.807) is 14.2 Å². The normalized spacial score (nSPS) is 14.4. The molecule has 0 heterocycles. The van der Waals surface area contributed by atoms with Gasteiger partial charge in [-0.25, -0.2) is 0 Å². The predicted molar refractivity (Wildman–Crippen MR) is 73.8 cm³/mol. The molecule has 0 spiro atoms. The molecule has 0 aliphatic heterocycles. The van der Waals surface area contributed by atoms with Crippen molar-refractivity contribution in [1.82, 2.24) is 5.32 Å². The first kappa shape index (κ1) is 13.0. The van der Waals surface area contributed by atoms with Crippen LogP contribution in [0.1, 0.15) is 12.8 Å². The lowest BCUT2D eigenvalue weighted by Crippen LogP contribution is -2.30. The summed E-state index contributed by atoms with van der Waals surface area (Å²) in [7, 11) is 5.44. The maximum Gasteiger partial charge on any atom is 0.145 e. The number of ether oxygens (including phenoxy) is 2. The molecule has 0 amide bonds. The maximum atomic E-state index is 5.41. The van der Waals surface area contributed by atoms with Crippen LogP contribution in [0.3, 0.4) is 0 Å². The molecule has 1 fully saturated rings. The molecule has 1 N–H and O–H groups in total. The number of anilines is 1. The third kappa shape index (κ3) is 3.29. The van der Waals surface area contributed by atoms with Crippen molar-refractivity contribution in [2.45, 2.75) is 18.9 Å². The van der Waals surface area contributed by atoms with Gasteiger partial charge in [0.2, 0.25) is 0 Å². The number of rotatable bonds is 7. The average molecular weight is 250 g/mol. The Morgan fingerprint density at radius 1 is 1.28 bits per heavy atom. The second-order valence-corrected chi connectivity index (χ2v) is 4.69. The van der Waals surface area contributed by atoms with Crippen LogP contribution in [-0.4, -0.2) is 40.4 Å². The van der Waals surface area contributed by atoms with E-state index in [2.05, 4.69) is 17.3 Å². The summed E-state index contributed by atoms with van der Waals surface area (Å²) in [6, 6.07) is 6.67. The van der Waals surface area contributed by atoms with Crippen LogP contribution >= 0.6 is 0 Å². The average Bonchev–Trinajstić information content (AvgIpc) is 3.21. The van der Waals surface area contributed by atoms with Gasteiger partial charge in [0, 0.05) is 32.2 Å². The number of nitrogens with zero attached hydrogens (tertiary/aromatic N) is 1. The Kier molecular flexibility index (Phi) is 4.31. The van der Waals surface area contributed by atoms with Crippen molar-refractivity contribution in [2.24, 2.45) is 0 Å². The van der Waals surface area contributed by atoms with E-state index in [4.69, 9.17) is 9.47 Å². The Hall–Kier alpha value is -1.42. The van der Waals surface area contributed by atoms with E-state index in [-0.39, 0.29) is 0 Å². The molecule has 1 aromatic carbocycles. The van der Waals surface area contributed by atoms with E-state index in [9.17, 15) is 0 Å². The van der Waals surface area contributed by atoms with Gasteiger partial charge in [-0.1, -0.05) is 0 Å². The van der Waals surface area contributed by atoms with Crippen LogP contribution in [0.4, 0.5) is 5.69 Å². The molecule has 0 unspecified atom stereocenters. The largest absolute Gasteiger partial charge is 0.497 e. The standard InChI is InChI=1S/C14H22N2O2/c1-16(9-8-15-11-4-5-11)13-7-6-12(17-2)10-14(13)18-3/h6-7,10-11,15H,4-5,8-9H2,1-3H3. The minimum Gasteiger partial charge on any atom is -0.497 e. The topological polar surface area (TPSA) is 33.7 Å². The third-order valence-electron chi connectivity index (χ3n) is 3.26. The van der Waals surface area contributed by atoms with E-state index in [1.165, 1.54) is 12.8 Å². The quantitative estimate of drug-likeness (QED) is 0.801. The number of hydrogen-bond acceptors (Lipinski definition) is 4. The molecule has 0 atom stereocenters. The third-order valence-corrected chi connectivity index (χ3v) is 3.26. The molecule has 0 saturated heterocycles. The minimum absolute atomic E-state index is 0.760. The van der Waals surface area contributed by atoms with Crippen LogP contribution in [0.15, 0.2) is 18.2 Å². The van der Waals surface area contributed by atoms with E-state index < -0.39 is 0 Å². The zero-order valence-corrected chi connectivity index (χ0v) is 11.4. The van der Waals surface area contributed by atoms with Gasteiger partial charge < -0.3 is 19.7 Å². The molecule has 0 radical (unpaired) electrons. The molecule has 2 rings (SSSR count). The van der Waals surface area contributed by atoms with Crippen LogP contribution in [0.2, 0.25) is 0 Å². The first-order valence-corrected chi connectivity index (χ1v) is 6.41. The molecule has 1 aromatic rings. The smallest absolute Gasteiger partial charge is 0.145 e. The Morgan fingerprint density at radius 2 is 2.06 bits per heavy atom. The van der Waals surface area contributed by atoms with Crippen LogP contribution in [0, 0.1) is 0 Å². The zero-order valence-electron chi connectivity index (χ0n) is 11.4. The highest BCUT2D eigenvalue weighted by atomic mass is 16.5. The second-order valence-electron chi connectivity index (χ2n) is 4.69. The van der Waals surface area contributed by atoms with E-state index >= 15 is 0 Å². The molecule has 4 nitrogen and oxygen atoms in total.